The highest BCUT2D eigenvalue weighted by Crippen LogP contribution is 2.20. The molecule has 1 N–H and O–H groups in total. The molecule has 0 aromatic heterocycles. The number of benzene rings is 1. The first kappa shape index (κ1) is 13.7. The molecule has 15 heavy (non-hydrogen) atoms. The van der Waals surface area contributed by atoms with E-state index in [1.807, 2.05) is 38.1 Å². The minimum Gasteiger partial charge on any atom is -0.326 e. The van der Waals surface area contributed by atoms with Crippen LogP contribution in [0.4, 0.5) is 5.69 Å². The average Bonchev–Trinajstić information content (AvgIpc) is 2.62. The van der Waals surface area contributed by atoms with Crippen molar-refractivity contribution in [1.29, 1.82) is 0 Å². The normalized spacial score (nSPS) is 11.3. The molecule has 0 atom stereocenters. The predicted octanol–water partition coefficient (Wildman–Crippen LogP) is 3.62. The molecule has 2 nitrogen and oxygen atoms in total. The molecule has 84 valence electrons. The number of fused-ring (bicyclic) bond motifs is 1. The standard InChI is InChI=1S/C8H7NO.C3H8.C2H6/c10-8-5-6-3-1-2-4-7(6)9-8;1-3-2;1-2/h1-4H,5H2,(H,9,10);3H2,1-2H3;1-2H3. The molecular formula is C13H21NO. The molecule has 0 spiro atoms. The fraction of sp³-hybridized carbons (Fsp3) is 0.462. The van der Waals surface area contributed by atoms with Crippen molar-refractivity contribution in [1.82, 2.24) is 0 Å². The van der Waals surface area contributed by atoms with E-state index in [1.165, 1.54) is 6.42 Å². The molecule has 2 heteroatoms. The van der Waals surface area contributed by atoms with E-state index in [1.54, 1.807) is 0 Å². The van der Waals surface area contributed by atoms with E-state index in [4.69, 9.17) is 0 Å². The molecule has 1 aliphatic heterocycles. The van der Waals surface area contributed by atoms with Crippen LogP contribution in [-0.4, -0.2) is 5.91 Å². The molecule has 1 aromatic carbocycles. The largest absolute Gasteiger partial charge is 0.326 e. The van der Waals surface area contributed by atoms with Crippen LogP contribution in [0.2, 0.25) is 0 Å². The second-order valence-corrected chi connectivity index (χ2v) is 3.09. The summed E-state index contributed by atoms with van der Waals surface area (Å²) in [5, 5.41) is 2.76. The number of amides is 1. The average molecular weight is 207 g/mol. The predicted molar refractivity (Wildman–Crippen MR) is 66.1 cm³/mol. The Morgan fingerprint density at radius 2 is 1.73 bits per heavy atom. The van der Waals surface area contributed by atoms with Crippen LogP contribution in [0.15, 0.2) is 24.3 Å². The monoisotopic (exact) mass is 207 g/mol. The minimum absolute atomic E-state index is 0.0983. The van der Waals surface area contributed by atoms with E-state index < -0.39 is 0 Å². The zero-order chi connectivity index (χ0) is 11.7. The highest BCUT2D eigenvalue weighted by atomic mass is 16.1. The van der Waals surface area contributed by atoms with Crippen molar-refractivity contribution in [3.8, 4) is 0 Å². The molecule has 1 amide bonds. The van der Waals surface area contributed by atoms with Gasteiger partial charge in [0, 0.05) is 5.69 Å². The lowest BCUT2D eigenvalue weighted by atomic mass is 10.2. The molecule has 0 bridgehead atoms. The molecule has 0 saturated heterocycles. The summed E-state index contributed by atoms with van der Waals surface area (Å²) >= 11 is 0. The van der Waals surface area contributed by atoms with Gasteiger partial charge in [0.1, 0.15) is 0 Å². The fourth-order valence-electron chi connectivity index (χ4n) is 1.16. The van der Waals surface area contributed by atoms with Gasteiger partial charge in [-0.1, -0.05) is 52.3 Å². The second-order valence-electron chi connectivity index (χ2n) is 3.09. The third-order valence-electron chi connectivity index (χ3n) is 1.64. The van der Waals surface area contributed by atoms with E-state index >= 15 is 0 Å². The molecule has 0 radical (unpaired) electrons. The SMILES string of the molecule is CC.CCC.O=C1Cc2ccccc2N1. The van der Waals surface area contributed by atoms with Gasteiger partial charge in [0.25, 0.3) is 0 Å². The van der Waals surface area contributed by atoms with Gasteiger partial charge in [-0.2, -0.15) is 0 Å². The van der Waals surface area contributed by atoms with E-state index in [0.29, 0.717) is 6.42 Å². The molecule has 0 unspecified atom stereocenters. The molecule has 2 rings (SSSR count). The summed E-state index contributed by atoms with van der Waals surface area (Å²) in [5.41, 5.74) is 2.07. The zero-order valence-electron chi connectivity index (χ0n) is 10.1. The van der Waals surface area contributed by atoms with Crippen LogP contribution in [0.3, 0.4) is 0 Å². The Hall–Kier alpha value is -1.31. The molecular weight excluding hydrogens is 186 g/mol. The maximum Gasteiger partial charge on any atom is 0.228 e. The van der Waals surface area contributed by atoms with Gasteiger partial charge < -0.3 is 5.32 Å². The number of para-hydroxylation sites is 1. The quantitative estimate of drug-likeness (QED) is 0.691. The van der Waals surface area contributed by atoms with Crippen molar-refractivity contribution < 1.29 is 4.79 Å². The van der Waals surface area contributed by atoms with Crippen LogP contribution in [0.25, 0.3) is 0 Å². The topological polar surface area (TPSA) is 29.1 Å². The number of hydrogen-bond donors (Lipinski definition) is 1. The number of hydrogen-bond acceptors (Lipinski definition) is 1. The van der Waals surface area contributed by atoms with Gasteiger partial charge >= 0.3 is 0 Å². The molecule has 0 saturated carbocycles. The first-order valence-electron chi connectivity index (χ1n) is 5.65. The number of rotatable bonds is 0. The molecule has 1 heterocycles. The lowest BCUT2D eigenvalue weighted by Crippen LogP contribution is -2.03. The van der Waals surface area contributed by atoms with Gasteiger partial charge in [0.15, 0.2) is 0 Å². The van der Waals surface area contributed by atoms with Crippen LogP contribution in [0, 0.1) is 0 Å². The number of nitrogens with one attached hydrogen (secondary N) is 1. The number of anilines is 1. The van der Waals surface area contributed by atoms with Crippen LogP contribution in [0.1, 0.15) is 39.7 Å². The Labute approximate surface area is 92.7 Å². The summed E-state index contributed by atoms with van der Waals surface area (Å²) in [6.07, 6.45) is 1.79. The summed E-state index contributed by atoms with van der Waals surface area (Å²) in [5.74, 6) is 0.0983. The van der Waals surface area contributed by atoms with Gasteiger partial charge in [-0.15, -0.1) is 0 Å². The van der Waals surface area contributed by atoms with Gasteiger partial charge in [-0.3, -0.25) is 4.79 Å². The Morgan fingerprint density at radius 3 is 2.27 bits per heavy atom. The van der Waals surface area contributed by atoms with Crippen molar-refractivity contribution in [2.75, 3.05) is 5.32 Å². The highest BCUT2D eigenvalue weighted by molar-refractivity contribution is 5.98. The van der Waals surface area contributed by atoms with Crippen LogP contribution < -0.4 is 5.32 Å². The fourth-order valence-corrected chi connectivity index (χ4v) is 1.16. The Balaban J connectivity index is 0.000000342. The van der Waals surface area contributed by atoms with Crippen molar-refractivity contribution in [3.05, 3.63) is 29.8 Å². The smallest absolute Gasteiger partial charge is 0.228 e. The number of carbonyl (C=O) groups excluding carboxylic acids is 1. The van der Waals surface area contributed by atoms with E-state index in [-0.39, 0.29) is 5.91 Å². The van der Waals surface area contributed by atoms with Gasteiger partial charge in [0.05, 0.1) is 6.42 Å². The van der Waals surface area contributed by atoms with Gasteiger partial charge in [-0.25, -0.2) is 0 Å². The van der Waals surface area contributed by atoms with Crippen molar-refractivity contribution in [2.45, 2.75) is 40.5 Å². The lowest BCUT2D eigenvalue weighted by Gasteiger charge is -1.93. The first-order valence-corrected chi connectivity index (χ1v) is 5.65. The number of carbonyl (C=O) groups is 1. The summed E-state index contributed by atoms with van der Waals surface area (Å²) < 4.78 is 0. The van der Waals surface area contributed by atoms with Crippen molar-refractivity contribution >= 4 is 11.6 Å². The van der Waals surface area contributed by atoms with Crippen LogP contribution >= 0.6 is 0 Å². The third-order valence-corrected chi connectivity index (χ3v) is 1.64. The summed E-state index contributed by atoms with van der Waals surface area (Å²) in [6.45, 7) is 8.25. The maximum atomic E-state index is 10.8. The van der Waals surface area contributed by atoms with Gasteiger partial charge in [-0.05, 0) is 11.6 Å². The Morgan fingerprint density at radius 1 is 1.20 bits per heavy atom. The molecule has 1 aliphatic rings. The van der Waals surface area contributed by atoms with Gasteiger partial charge in [0.2, 0.25) is 5.91 Å². The van der Waals surface area contributed by atoms with Crippen LogP contribution in [-0.2, 0) is 11.2 Å². The Bertz CT molecular complexity index is 267. The van der Waals surface area contributed by atoms with Crippen molar-refractivity contribution in [3.63, 3.8) is 0 Å². The van der Waals surface area contributed by atoms with Crippen LogP contribution in [0.5, 0.6) is 0 Å². The second kappa shape index (κ2) is 8.04. The summed E-state index contributed by atoms with van der Waals surface area (Å²) in [7, 11) is 0. The molecule has 1 aromatic rings. The molecule has 0 aliphatic carbocycles. The third kappa shape index (κ3) is 4.63. The van der Waals surface area contributed by atoms with E-state index in [2.05, 4.69) is 19.2 Å². The molecule has 0 fully saturated rings. The minimum atomic E-state index is 0.0983. The lowest BCUT2D eigenvalue weighted by molar-refractivity contribution is -0.115. The Kier molecular flexibility index (Phi) is 7.33. The first-order chi connectivity index (χ1) is 7.27. The van der Waals surface area contributed by atoms with Crippen molar-refractivity contribution in [2.24, 2.45) is 0 Å². The highest BCUT2D eigenvalue weighted by Gasteiger charge is 2.15. The zero-order valence-corrected chi connectivity index (χ0v) is 10.1. The van der Waals surface area contributed by atoms with E-state index in [9.17, 15) is 4.79 Å². The summed E-state index contributed by atoms with van der Waals surface area (Å²) in [4.78, 5) is 10.8. The summed E-state index contributed by atoms with van der Waals surface area (Å²) in [6, 6.07) is 7.75. The maximum absolute atomic E-state index is 10.8. The van der Waals surface area contributed by atoms with E-state index in [0.717, 1.165) is 11.3 Å².